The molecule has 1 aliphatic carbocycles. The summed E-state index contributed by atoms with van der Waals surface area (Å²) < 4.78 is 40.7. The third-order valence-corrected chi connectivity index (χ3v) is 4.05. The van der Waals surface area contributed by atoms with Crippen molar-refractivity contribution in [3.8, 4) is 5.75 Å². The summed E-state index contributed by atoms with van der Waals surface area (Å²) in [4.78, 5) is 26.2. The molecule has 5 nitrogen and oxygen atoms in total. The molecule has 8 heteroatoms. The van der Waals surface area contributed by atoms with E-state index in [9.17, 15) is 22.8 Å². The number of carbonyl (C=O) groups is 2. The van der Waals surface area contributed by atoms with E-state index in [1.165, 1.54) is 17.0 Å². The lowest BCUT2D eigenvalue weighted by Gasteiger charge is -2.24. The summed E-state index contributed by atoms with van der Waals surface area (Å²) in [7, 11) is 0. The molecule has 1 aromatic carbocycles. The van der Waals surface area contributed by atoms with Crippen LogP contribution in [0.5, 0.6) is 5.75 Å². The summed E-state index contributed by atoms with van der Waals surface area (Å²) in [5.41, 5.74) is 0.0721. The SMILES string of the molecule is O=C(NC1CC1)C1CCCN1C(=O)c1cccc(OC(F)(F)F)c1. The molecule has 2 fully saturated rings. The van der Waals surface area contributed by atoms with Gasteiger partial charge in [0.25, 0.3) is 5.91 Å². The van der Waals surface area contributed by atoms with Crippen molar-refractivity contribution in [2.75, 3.05) is 6.54 Å². The quantitative estimate of drug-likeness (QED) is 0.914. The second kappa shape index (κ2) is 6.33. The number of benzene rings is 1. The topological polar surface area (TPSA) is 58.6 Å². The summed E-state index contributed by atoms with van der Waals surface area (Å²) in [5, 5.41) is 2.87. The molecule has 0 spiro atoms. The maximum atomic E-state index is 12.6. The van der Waals surface area contributed by atoms with Crippen LogP contribution in [0.15, 0.2) is 24.3 Å². The Hall–Kier alpha value is -2.25. The lowest BCUT2D eigenvalue weighted by molar-refractivity contribution is -0.274. The molecule has 2 aliphatic rings. The Kier molecular flexibility index (Phi) is 4.38. The van der Waals surface area contributed by atoms with Gasteiger partial charge >= 0.3 is 6.36 Å². The fourth-order valence-electron chi connectivity index (χ4n) is 2.80. The first-order valence-corrected chi connectivity index (χ1v) is 7.80. The summed E-state index contributed by atoms with van der Waals surface area (Å²) in [6.45, 7) is 0.409. The van der Waals surface area contributed by atoms with E-state index in [4.69, 9.17) is 0 Å². The highest BCUT2D eigenvalue weighted by molar-refractivity contribution is 5.98. The van der Waals surface area contributed by atoms with E-state index >= 15 is 0 Å². The number of ether oxygens (including phenoxy) is 1. The van der Waals surface area contributed by atoms with Crippen molar-refractivity contribution in [2.24, 2.45) is 0 Å². The Morgan fingerprint density at radius 3 is 2.62 bits per heavy atom. The van der Waals surface area contributed by atoms with Gasteiger partial charge in [-0.05, 0) is 43.9 Å². The molecule has 1 saturated carbocycles. The van der Waals surface area contributed by atoms with Crippen LogP contribution in [0, 0.1) is 0 Å². The Morgan fingerprint density at radius 1 is 1.21 bits per heavy atom. The maximum absolute atomic E-state index is 12.6. The van der Waals surface area contributed by atoms with Gasteiger partial charge in [0.05, 0.1) is 0 Å². The van der Waals surface area contributed by atoms with Crippen LogP contribution in [0.1, 0.15) is 36.0 Å². The van der Waals surface area contributed by atoms with Crippen molar-refractivity contribution in [1.29, 1.82) is 0 Å². The van der Waals surface area contributed by atoms with Gasteiger partial charge in [0.2, 0.25) is 5.91 Å². The highest BCUT2D eigenvalue weighted by atomic mass is 19.4. The van der Waals surface area contributed by atoms with Crippen molar-refractivity contribution in [3.63, 3.8) is 0 Å². The molecular weight excluding hydrogens is 325 g/mol. The number of halogens is 3. The highest BCUT2D eigenvalue weighted by Crippen LogP contribution is 2.26. The van der Waals surface area contributed by atoms with Crippen molar-refractivity contribution < 1.29 is 27.5 Å². The van der Waals surface area contributed by atoms with Gasteiger partial charge in [0.1, 0.15) is 11.8 Å². The molecule has 1 heterocycles. The number of likely N-dealkylation sites (tertiary alicyclic amines) is 1. The van der Waals surface area contributed by atoms with Crippen LogP contribution in [0.25, 0.3) is 0 Å². The van der Waals surface area contributed by atoms with E-state index in [-0.39, 0.29) is 17.5 Å². The zero-order valence-corrected chi connectivity index (χ0v) is 12.8. The molecule has 1 aromatic rings. The van der Waals surface area contributed by atoms with Crippen molar-refractivity contribution in [3.05, 3.63) is 29.8 Å². The standard InChI is InChI=1S/C16H17F3N2O3/c17-16(18,19)24-12-4-1-3-10(9-12)15(23)21-8-2-5-13(21)14(22)20-11-6-7-11/h1,3-4,9,11,13H,2,5-8H2,(H,20,22). The molecular formula is C16H17F3N2O3. The highest BCUT2D eigenvalue weighted by Gasteiger charge is 2.37. The van der Waals surface area contributed by atoms with Gasteiger partial charge in [-0.15, -0.1) is 13.2 Å². The van der Waals surface area contributed by atoms with Gasteiger partial charge < -0.3 is 15.0 Å². The minimum Gasteiger partial charge on any atom is -0.406 e. The maximum Gasteiger partial charge on any atom is 0.573 e. The Morgan fingerprint density at radius 2 is 1.96 bits per heavy atom. The van der Waals surface area contributed by atoms with E-state index in [1.54, 1.807) is 0 Å². The average molecular weight is 342 g/mol. The normalized spacial score (nSPS) is 20.8. The Bertz CT molecular complexity index is 644. The van der Waals surface area contributed by atoms with Crippen LogP contribution in [-0.4, -0.2) is 41.7 Å². The monoisotopic (exact) mass is 342 g/mol. The molecule has 24 heavy (non-hydrogen) atoms. The predicted molar refractivity (Wildman–Crippen MR) is 78.3 cm³/mol. The van der Waals surface area contributed by atoms with E-state index in [0.717, 1.165) is 25.0 Å². The number of hydrogen-bond acceptors (Lipinski definition) is 3. The number of nitrogens with zero attached hydrogens (tertiary/aromatic N) is 1. The molecule has 3 rings (SSSR count). The first kappa shape index (κ1) is 16.6. The summed E-state index contributed by atoms with van der Waals surface area (Å²) >= 11 is 0. The molecule has 130 valence electrons. The third kappa shape index (κ3) is 3.98. The molecule has 0 aromatic heterocycles. The van der Waals surface area contributed by atoms with E-state index in [1.807, 2.05) is 0 Å². The van der Waals surface area contributed by atoms with Crippen LogP contribution in [0.3, 0.4) is 0 Å². The average Bonchev–Trinajstić information content (AvgIpc) is 3.17. The lowest BCUT2D eigenvalue weighted by Crippen LogP contribution is -2.46. The number of amides is 2. The molecule has 1 N–H and O–H groups in total. The molecule has 1 aliphatic heterocycles. The summed E-state index contributed by atoms with van der Waals surface area (Å²) in [6, 6.07) is 4.54. The minimum atomic E-state index is -4.82. The number of rotatable bonds is 4. The van der Waals surface area contributed by atoms with Crippen molar-refractivity contribution in [2.45, 2.75) is 44.1 Å². The number of carbonyl (C=O) groups excluding carboxylic acids is 2. The molecule has 1 saturated heterocycles. The minimum absolute atomic E-state index is 0.0721. The number of nitrogens with one attached hydrogen (secondary N) is 1. The molecule has 0 bridgehead atoms. The third-order valence-electron chi connectivity index (χ3n) is 4.05. The molecule has 1 unspecified atom stereocenters. The predicted octanol–water partition coefficient (Wildman–Crippen LogP) is 2.47. The van der Waals surface area contributed by atoms with Gasteiger partial charge in [0, 0.05) is 18.2 Å². The number of hydrogen-bond donors (Lipinski definition) is 1. The van der Waals surface area contributed by atoms with Gasteiger partial charge in [-0.3, -0.25) is 9.59 Å². The van der Waals surface area contributed by atoms with Gasteiger partial charge in [-0.25, -0.2) is 0 Å². The van der Waals surface area contributed by atoms with Crippen LogP contribution in [0.2, 0.25) is 0 Å². The summed E-state index contributed by atoms with van der Waals surface area (Å²) in [5.74, 6) is -1.10. The molecule has 1 atom stereocenters. The van der Waals surface area contributed by atoms with Gasteiger partial charge in [-0.1, -0.05) is 6.07 Å². The van der Waals surface area contributed by atoms with Crippen LogP contribution >= 0.6 is 0 Å². The van der Waals surface area contributed by atoms with Gasteiger partial charge in [0.15, 0.2) is 0 Å². The molecule has 2 amide bonds. The second-order valence-corrected chi connectivity index (χ2v) is 6.02. The van der Waals surface area contributed by atoms with Crippen LogP contribution < -0.4 is 10.1 Å². The van der Waals surface area contributed by atoms with Crippen LogP contribution in [0.4, 0.5) is 13.2 Å². The summed E-state index contributed by atoms with van der Waals surface area (Å²) in [6.07, 6.45) is -1.68. The van der Waals surface area contributed by atoms with Crippen LogP contribution in [-0.2, 0) is 4.79 Å². The zero-order valence-electron chi connectivity index (χ0n) is 12.8. The smallest absolute Gasteiger partial charge is 0.406 e. The number of alkyl halides is 3. The van der Waals surface area contributed by atoms with Crippen molar-refractivity contribution in [1.82, 2.24) is 10.2 Å². The zero-order chi connectivity index (χ0) is 17.3. The first-order chi connectivity index (χ1) is 11.3. The fraction of sp³-hybridized carbons (Fsp3) is 0.500. The Balaban J connectivity index is 1.72. The second-order valence-electron chi connectivity index (χ2n) is 6.02. The molecule has 0 radical (unpaired) electrons. The van der Waals surface area contributed by atoms with E-state index in [2.05, 4.69) is 10.1 Å². The van der Waals surface area contributed by atoms with E-state index < -0.39 is 24.1 Å². The lowest BCUT2D eigenvalue weighted by atomic mass is 10.1. The van der Waals surface area contributed by atoms with Crippen molar-refractivity contribution >= 4 is 11.8 Å². The largest absolute Gasteiger partial charge is 0.573 e. The first-order valence-electron chi connectivity index (χ1n) is 7.80. The van der Waals surface area contributed by atoms with Gasteiger partial charge in [-0.2, -0.15) is 0 Å². The fourth-order valence-corrected chi connectivity index (χ4v) is 2.80. The van der Waals surface area contributed by atoms with E-state index in [0.29, 0.717) is 19.4 Å². The Labute approximate surface area is 136 Å².